The lowest BCUT2D eigenvalue weighted by atomic mass is 10.1. The van der Waals surface area contributed by atoms with Crippen molar-refractivity contribution >= 4 is 17.5 Å². The number of carbonyl (C=O) groups is 1. The van der Waals surface area contributed by atoms with E-state index >= 15 is 0 Å². The fourth-order valence-corrected chi connectivity index (χ4v) is 2.22. The normalized spacial score (nSPS) is 10.4. The van der Waals surface area contributed by atoms with Crippen LogP contribution in [0.3, 0.4) is 0 Å². The van der Waals surface area contributed by atoms with Gasteiger partial charge in [-0.2, -0.15) is 0 Å². The summed E-state index contributed by atoms with van der Waals surface area (Å²) in [5, 5.41) is 8.94. The first-order chi connectivity index (χ1) is 10.1. The average Bonchev–Trinajstić information content (AvgIpc) is 2.50. The van der Waals surface area contributed by atoms with Crippen molar-refractivity contribution in [1.29, 1.82) is 0 Å². The molecule has 0 aliphatic rings. The van der Waals surface area contributed by atoms with E-state index in [-0.39, 0.29) is 23.7 Å². The van der Waals surface area contributed by atoms with Gasteiger partial charge in [-0.15, -0.1) is 0 Å². The highest BCUT2D eigenvalue weighted by molar-refractivity contribution is 6.34. The molecule has 0 aliphatic carbocycles. The van der Waals surface area contributed by atoms with Crippen molar-refractivity contribution in [3.05, 3.63) is 70.5 Å². The molecule has 1 N–H and O–H groups in total. The highest BCUT2D eigenvalue weighted by Crippen LogP contribution is 2.22. The largest absolute Gasteiger partial charge is 0.395 e. The van der Waals surface area contributed by atoms with E-state index in [0.29, 0.717) is 6.54 Å². The third-order valence-corrected chi connectivity index (χ3v) is 3.44. The third kappa shape index (κ3) is 3.80. The van der Waals surface area contributed by atoms with Gasteiger partial charge in [0.1, 0.15) is 5.82 Å². The second kappa shape index (κ2) is 7.20. The first kappa shape index (κ1) is 15.5. The molecule has 0 aliphatic heterocycles. The van der Waals surface area contributed by atoms with Crippen LogP contribution in [0, 0.1) is 5.82 Å². The molecular weight excluding hydrogens is 293 g/mol. The molecule has 0 bridgehead atoms. The summed E-state index contributed by atoms with van der Waals surface area (Å²) >= 11 is 5.85. The number of rotatable bonds is 5. The Morgan fingerprint density at radius 3 is 2.52 bits per heavy atom. The van der Waals surface area contributed by atoms with Crippen LogP contribution in [0.25, 0.3) is 0 Å². The van der Waals surface area contributed by atoms with E-state index < -0.39 is 11.7 Å². The number of halogens is 2. The van der Waals surface area contributed by atoms with Crippen molar-refractivity contribution in [3.8, 4) is 0 Å². The molecule has 0 unspecified atom stereocenters. The lowest BCUT2D eigenvalue weighted by Gasteiger charge is -2.22. The van der Waals surface area contributed by atoms with Gasteiger partial charge in [-0.1, -0.05) is 48.0 Å². The number of amides is 1. The van der Waals surface area contributed by atoms with Crippen molar-refractivity contribution < 1.29 is 14.3 Å². The van der Waals surface area contributed by atoms with Gasteiger partial charge < -0.3 is 10.0 Å². The maximum Gasteiger partial charge on any atom is 0.255 e. The summed E-state index contributed by atoms with van der Waals surface area (Å²) in [6, 6.07) is 13.5. The van der Waals surface area contributed by atoms with Crippen LogP contribution in [0.15, 0.2) is 48.5 Å². The van der Waals surface area contributed by atoms with Crippen LogP contribution >= 0.6 is 11.6 Å². The summed E-state index contributed by atoms with van der Waals surface area (Å²) in [6.45, 7) is 0.305. The van der Waals surface area contributed by atoms with Crippen LogP contribution in [-0.2, 0) is 6.54 Å². The maximum absolute atomic E-state index is 13.5. The number of hydrogen-bond acceptors (Lipinski definition) is 2. The zero-order valence-electron chi connectivity index (χ0n) is 11.3. The van der Waals surface area contributed by atoms with Gasteiger partial charge in [0, 0.05) is 13.1 Å². The lowest BCUT2D eigenvalue weighted by molar-refractivity contribution is 0.0707. The molecule has 0 saturated heterocycles. The highest BCUT2D eigenvalue weighted by atomic mass is 35.5. The minimum Gasteiger partial charge on any atom is -0.395 e. The molecular formula is C16H15ClFNO2. The predicted molar refractivity (Wildman–Crippen MR) is 79.7 cm³/mol. The van der Waals surface area contributed by atoms with E-state index in [1.54, 1.807) is 0 Å². The van der Waals surface area contributed by atoms with Gasteiger partial charge in [-0.05, 0) is 17.7 Å². The van der Waals surface area contributed by atoms with E-state index in [0.717, 1.165) is 5.56 Å². The fourth-order valence-electron chi connectivity index (χ4n) is 2.02. The summed E-state index contributed by atoms with van der Waals surface area (Å²) in [7, 11) is 0. The van der Waals surface area contributed by atoms with Gasteiger partial charge in [0.25, 0.3) is 5.91 Å². The van der Waals surface area contributed by atoms with E-state index in [4.69, 9.17) is 16.7 Å². The Balaban J connectivity index is 2.25. The van der Waals surface area contributed by atoms with Crippen LogP contribution < -0.4 is 0 Å². The summed E-state index contributed by atoms with van der Waals surface area (Å²) in [5.74, 6) is -1.04. The molecule has 2 aromatic rings. The summed E-state index contributed by atoms with van der Waals surface area (Å²) in [6.07, 6.45) is 0. The van der Waals surface area contributed by atoms with E-state index in [2.05, 4.69) is 0 Å². The predicted octanol–water partition coefficient (Wildman–Crippen LogP) is 3.11. The number of aliphatic hydroxyl groups is 1. The molecule has 2 rings (SSSR count). The Labute approximate surface area is 127 Å². The second-order valence-electron chi connectivity index (χ2n) is 4.54. The molecule has 2 aromatic carbocycles. The number of nitrogens with zero attached hydrogens (tertiary/aromatic N) is 1. The van der Waals surface area contributed by atoms with Crippen molar-refractivity contribution in [1.82, 2.24) is 4.90 Å². The zero-order chi connectivity index (χ0) is 15.2. The van der Waals surface area contributed by atoms with Crippen molar-refractivity contribution in [3.63, 3.8) is 0 Å². The number of aliphatic hydroxyl groups excluding tert-OH is 1. The maximum atomic E-state index is 13.5. The molecule has 0 saturated carbocycles. The molecule has 1 amide bonds. The molecule has 0 spiro atoms. The molecule has 110 valence electrons. The van der Waals surface area contributed by atoms with Crippen LogP contribution in [0.4, 0.5) is 4.39 Å². The lowest BCUT2D eigenvalue weighted by Crippen LogP contribution is -2.33. The molecule has 0 radical (unpaired) electrons. The molecule has 3 nitrogen and oxygen atoms in total. The Kier molecular flexibility index (Phi) is 5.31. The number of benzene rings is 2. The number of carbonyl (C=O) groups excluding carboxylic acids is 1. The van der Waals surface area contributed by atoms with Gasteiger partial charge >= 0.3 is 0 Å². The van der Waals surface area contributed by atoms with Crippen molar-refractivity contribution in [2.45, 2.75) is 6.54 Å². The minimum atomic E-state index is -0.633. The summed E-state index contributed by atoms with van der Waals surface area (Å²) in [5.41, 5.74) is 1.02. The van der Waals surface area contributed by atoms with Gasteiger partial charge in [0.15, 0.2) is 0 Å². The Morgan fingerprint density at radius 1 is 1.14 bits per heavy atom. The quantitative estimate of drug-likeness (QED) is 0.922. The average molecular weight is 308 g/mol. The molecule has 0 aromatic heterocycles. The number of hydrogen-bond donors (Lipinski definition) is 1. The molecule has 0 heterocycles. The van der Waals surface area contributed by atoms with Gasteiger partial charge in [0.05, 0.1) is 17.2 Å². The van der Waals surface area contributed by atoms with Gasteiger partial charge in [0.2, 0.25) is 0 Å². The summed E-state index contributed by atoms with van der Waals surface area (Å²) in [4.78, 5) is 13.9. The van der Waals surface area contributed by atoms with E-state index in [1.165, 1.54) is 23.1 Å². The standard InChI is InChI=1S/C16H15ClFNO2/c17-15-13(7-4-8-14(15)18)16(21)19(9-10-20)11-12-5-2-1-3-6-12/h1-8,20H,9-11H2. The fraction of sp³-hybridized carbons (Fsp3) is 0.188. The topological polar surface area (TPSA) is 40.5 Å². The van der Waals surface area contributed by atoms with Gasteiger partial charge in [-0.3, -0.25) is 4.79 Å². The molecule has 5 heteroatoms. The summed E-state index contributed by atoms with van der Waals surface area (Å²) < 4.78 is 13.5. The molecule has 0 atom stereocenters. The Bertz CT molecular complexity index is 619. The van der Waals surface area contributed by atoms with Crippen LogP contribution in [0.2, 0.25) is 5.02 Å². The Hall–Kier alpha value is -1.91. The van der Waals surface area contributed by atoms with Crippen LogP contribution in [0.5, 0.6) is 0 Å². The molecule has 0 fully saturated rings. The second-order valence-corrected chi connectivity index (χ2v) is 4.92. The van der Waals surface area contributed by atoms with Crippen molar-refractivity contribution in [2.24, 2.45) is 0 Å². The first-order valence-electron chi connectivity index (χ1n) is 6.51. The van der Waals surface area contributed by atoms with Crippen molar-refractivity contribution in [2.75, 3.05) is 13.2 Å². The van der Waals surface area contributed by atoms with Crippen LogP contribution in [0.1, 0.15) is 15.9 Å². The van der Waals surface area contributed by atoms with Gasteiger partial charge in [-0.25, -0.2) is 4.39 Å². The SMILES string of the molecule is O=C(c1cccc(F)c1Cl)N(CCO)Cc1ccccc1. The monoisotopic (exact) mass is 307 g/mol. The zero-order valence-corrected chi connectivity index (χ0v) is 12.1. The minimum absolute atomic E-state index is 0.0982. The smallest absolute Gasteiger partial charge is 0.255 e. The Morgan fingerprint density at radius 2 is 1.86 bits per heavy atom. The molecule has 21 heavy (non-hydrogen) atoms. The van der Waals surface area contributed by atoms with E-state index in [9.17, 15) is 9.18 Å². The third-order valence-electron chi connectivity index (χ3n) is 3.06. The first-order valence-corrected chi connectivity index (χ1v) is 6.89. The highest BCUT2D eigenvalue weighted by Gasteiger charge is 2.20. The van der Waals surface area contributed by atoms with Crippen LogP contribution in [-0.4, -0.2) is 29.1 Å². The van der Waals surface area contributed by atoms with E-state index in [1.807, 2.05) is 30.3 Å².